The Bertz CT molecular complexity index is 246. The van der Waals surface area contributed by atoms with Gasteiger partial charge in [-0.15, -0.1) is 0 Å². The molecule has 0 aliphatic rings. The van der Waals surface area contributed by atoms with Gasteiger partial charge in [-0.2, -0.15) is 0 Å². The van der Waals surface area contributed by atoms with Crippen molar-refractivity contribution < 1.29 is 19.8 Å². The fraction of sp³-hybridized carbons (Fsp3) is 0.833. The minimum Gasteiger partial charge on any atom is -0.481 e. The Balaban J connectivity index is 3.46. The van der Waals surface area contributed by atoms with Crippen molar-refractivity contribution in [1.82, 2.24) is 10.2 Å². The molecule has 106 valence electrons. The summed E-state index contributed by atoms with van der Waals surface area (Å²) in [6.07, 6.45) is 3.26. The molecule has 0 rings (SSSR count). The lowest BCUT2D eigenvalue weighted by atomic mass is 10.2. The number of carboxylic acid groups (broad SMARTS) is 1. The number of carboxylic acids is 1. The van der Waals surface area contributed by atoms with Gasteiger partial charge in [0.15, 0.2) is 0 Å². The van der Waals surface area contributed by atoms with E-state index in [2.05, 4.69) is 5.32 Å². The van der Waals surface area contributed by atoms with Crippen molar-refractivity contribution >= 4 is 11.9 Å². The molecule has 6 heteroatoms. The molecule has 0 aromatic heterocycles. The summed E-state index contributed by atoms with van der Waals surface area (Å²) in [5.41, 5.74) is 0. The molecule has 1 amide bonds. The lowest BCUT2D eigenvalue weighted by Crippen LogP contribution is -2.36. The third-order valence-corrected chi connectivity index (χ3v) is 2.50. The quantitative estimate of drug-likeness (QED) is 0.457. The van der Waals surface area contributed by atoms with E-state index in [4.69, 9.17) is 10.2 Å². The molecule has 0 saturated heterocycles. The molecule has 0 aliphatic carbocycles. The Morgan fingerprint density at radius 2 is 1.89 bits per heavy atom. The van der Waals surface area contributed by atoms with Crippen molar-refractivity contribution in [2.45, 2.75) is 32.1 Å². The van der Waals surface area contributed by atoms with E-state index in [0.29, 0.717) is 19.5 Å². The van der Waals surface area contributed by atoms with Crippen molar-refractivity contribution in [2.75, 3.05) is 33.3 Å². The number of hydrogen-bond acceptors (Lipinski definition) is 4. The average molecular weight is 260 g/mol. The molecule has 0 aromatic carbocycles. The first-order chi connectivity index (χ1) is 8.56. The molecule has 18 heavy (non-hydrogen) atoms. The minimum atomic E-state index is -0.842. The van der Waals surface area contributed by atoms with Crippen LogP contribution in [0.1, 0.15) is 32.1 Å². The third kappa shape index (κ3) is 11.3. The lowest BCUT2D eigenvalue weighted by Gasteiger charge is -2.15. The number of amides is 1. The largest absolute Gasteiger partial charge is 0.481 e. The molecule has 0 aromatic rings. The Labute approximate surface area is 108 Å². The second-order valence-corrected chi connectivity index (χ2v) is 4.37. The van der Waals surface area contributed by atoms with Gasteiger partial charge in [0.1, 0.15) is 0 Å². The number of carbonyl (C=O) groups excluding carboxylic acids is 1. The highest BCUT2D eigenvalue weighted by Gasteiger charge is 2.05. The normalized spacial score (nSPS) is 10.6. The first-order valence-corrected chi connectivity index (χ1v) is 6.34. The van der Waals surface area contributed by atoms with E-state index in [0.717, 1.165) is 25.8 Å². The Morgan fingerprint density at radius 3 is 2.50 bits per heavy atom. The van der Waals surface area contributed by atoms with Gasteiger partial charge in [0.25, 0.3) is 0 Å². The summed E-state index contributed by atoms with van der Waals surface area (Å²) in [6.45, 7) is 1.77. The van der Waals surface area contributed by atoms with Crippen molar-refractivity contribution in [3.63, 3.8) is 0 Å². The van der Waals surface area contributed by atoms with E-state index in [1.165, 1.54) is 0 Å². The first kappa shape index (κ1) is 16.9. The maximum absolute atomic E-state index is 11.4. The summed E-state index contributed by atoms with van der Waals surface area (Å²) < 4.78 is 0. The predicted molar refractivity (Wildman–Crippen MR) is 68.3 cm³/mol. The molecule has 0 spiro atoms. The maximum atomic E-state index is 11.4. The molecule has 0 heterocycles. The van der Waals surface area contributed by atoms with Gasteiger partial charge in [-0.25, -0.2) is 0 Å². The minimum absolute atomic E-state index is 0.0787. The SMILES string of the molecule is CN(CCCCCO)CC(=O)NCCCC(=O)O. The van der Waals surface area contributed by atoms with E-state index in [9.17, 15) is 9.59 Å². The number of likely N-dealkylation sites (N-methyl/N-ethyl adjacent to an activating group) is 1. The molecule has 0 unspecified atom stereocenters. The molecule has 0 atom stereocenters. The Hall–Kier alpha value is -1.14. The molecule has 0 aliphatic heterocycles. The lowest BCUT2D eigenvalue weighted by molar-refractivity contribution is -0.137. The van der Waals surface area contributed by atoms with Crippen LogP contribution in [0.5, 0.6) is 0 Å². The van der Waals surface area contributed by atoms with Gasteiger partial charge in [-0.05, 0) is 39.3 Å². The van der Waals surface area contributed by atoms with Crippen LogP contribution in [-0.2, 0) is 9.59 Å². The van der Waals surface area contributed by atoms with E-state index < -0.39 is 5.97 Å². The number of aliphatic hydroxyl groups is 1. The van der Waals surface area contributed by atoms with Crippen LogP contribution < -0.4 is 5.32 Å². The van der Waals surface area contributed by atoms with Gasteiger partial charge in [0.2, 0.25) is 5.91 Å². The molecular formula is C12H24N2O4. The number of aliphatic hydroxyl groups excluding tert-OH is 1. The topological polar surface area (TPSA) is 89.9 Å². The fourth-order valence-corrected chi connectivity index (χ4v) is 1.52. The van der Waals surface area contributed by atoms with Crippen LogP contribution in [0.15, 0.2) is 0 Å². The Kier molecular flexibility index (Phi) is 10.3. The summed E-state index contributed by atoms with van der Waals surface area (Å²) in [5.74, 6) is -0.921. The number of nitrogens with one attached hydrogen (secondary N) is 1. The predicted octanol–water partition coefficient (Wildman–Crippen LogP) is 0.0618. The van der Waals surface area contributed by atoms with Gasteiger partial charge in [-0.1, -0.05) is 0 Å². The highest BCUT2D eigenvalue weighted by Crippen LogP contribution is 1.96. The van der Waals surface area contributed by atoms with Crippen LogP contribution in [0.3, 0.4) is 0 Å². The van der Waals surface area contributed by atoms with Crippen molar-refractivity contribution in [3.8, 4) is 0 Å². The monoisotopic (exact) mass is 260 g/mol. The van der Waals surface area contributed by atoms with Crippen LogP contribution in [-0.4, -0.2) is 60.3 Å². The summed E-state index contributed by atoms with van der Waals surface area (Å²) in [4.78, 5) is 23.6. The zero-order valence-electron chi connectivity index (χ0n) is 11.0. The van der Waals surface area contributed by atoms with Crippen LogP contribution in [0.4, 0.5) is 0 Å². The molecular weight excluding hydrogens is 236 g/mol. The van der Waals surface area contributed by atoms with E-state index >= 15 is 0 Å². The second-order valence-electron chi connectivity index (χ2n) is 4.37. The molecule has 0 saturated carbocycles. The van der Waals surface area contributed by atoms with Gasteiger partial charge < -0.3 is 15.5 Å². The number of unbranched alkanes of at least 4 members (excludes halogenated alkanes) is 2. The number of hydrogen-bond donors (Lipinski definition) is 3. The highest BCUT2D eigenvalue weighted by atomic mass is 16.4. The van der Waals surface area contributed by atoms with Crippen LogP contribution in [0.25, 0.3) is 0 Å². The van der Waals surface area contributed by atoms with Crippen LogP contribution >= 0.6 is 0 Å². The number of carbonyl (C=O) groups is 2. The van der Waals surface area contributed by atoms with E-state index in [-0.39, 0.29) is 18.9 Å². The first-order valence-electron chi connectivity index (χ1n) is 6.34. The van der Waals surface area contributed by atoms with Crippen molar-refractivity contribution in [1.29, 1.82) is 0 Å². The van der Waals surface area contributed by atoms with E-state index in [1.54, 1.807) is 0 Å². The van der Waals surface area contributed by atoms with Gasteiger partial charge in [0, 0.05) is 19.6 Å². The standard InChI is InChI=1S/C12H24N2O4/c1-14(8-3-2-4-9-15)10-11(16)13-7-5-6-12(17)18/h15H,2-10H2,1H3,(H,13,16)(H,17,18). The van der Waals surface area contributed by atoms with Crippen LogP contribution in [0.2, 0.25) is 0 Å². The fourth-order valence-electron chi connectivity index (χ4n) is 1.52. The highest BCUT2D eigenvalue weighted by molar-refractivity contribution is 5.78. The second kappa shape index (κ2) is 11.0. The van der Waals surface area contributed by atoms with Gasteiger partial charge >= 0.3 is 5.97 Å². The molecule has 6 nitrogen and oxygen atoms in total. The summed E-state index contributed by atoms with van der Waals surface area (Å²) >= 11 is 0. The summed E-state index contributed by atoms with van der Waals surface area (Å²) in [6, 6.07) is 0. The Morgan fingerprint density at radius 1 is 1.17 bits per heavy atom. The van der Waals surface area contributed by atoms with Crippen molar-refractivity contribution in [3.05, 3.63) is 0 Å². The van der Waals surface area contributed by atoms with Crippen molar-refractivity contribution in [2.24, 2.45) is 0 Å². The molecule has 0 fully saturated rings. The van der Waals surface area contributed by atoms with Crippen LogP contribution in [0, 0.1) is 0 Å². The zero-order valence-corrected chi connectivity index (χ0v) is 11.0. The molecule has 0 radical (unpaired) electrons. The summed E-state index contributed by atoms with van der Waals surface area (Å²) in [7, 11) is 1.87. The van der Waals surface area contributed by atoms with E-state index in [1.807, 2.05) is 11.9 Å². The number of rotatable bonds is 11. The summed E-state index contributed by atoms with van der Waals surface area (Å²) in [5, 5.41) is 19.7. The maximum Gasteiger partial charge on any atom is 0.303 e. The number of aliphatic carboxylic acids is 1. The molecule has 0 bridgehead atoms. The zero-order chi connectivity index (χ0) is 13.8. The third-order valence-electron chi connectivity index (χ3n) is 2.50. The number of nitrogens with zero attached hydrogens (tertiary/aromatic N) is 1. The van der Waals surface area contributed by atoms with Gasteiger partial charge in [0.05, 0.1) is 6.54 Å². The smallest absolute Gasteiger partial charge is 0.303 e. The van der Waals surface area contributed by atoms with Gasteiger partial charge in [-0.3, -0.25) is 14.5 Å². The molecule has 3 N–H and O–H groups in total. The average Bonchev–Trinajstić information content (AvgIpc) is 2.30.